The normalized spacial score (nSPS) is 28.4. The van der Waals surface area contributed by atoms with Crippen LogP contribution < -0.4 is 5.73 Å². The lowest BCUT2D eigenvalue weighted by molar-refractivity contribution is -0.187. The lowest BCUT2D eigenvalue weighted by Crippen LogP contribution is -2.48. The molecule has 2 N–H and O–H groups in total. The summed E-state index contributed by atoms with van der Waals surface area (Å²) in [6.07, 6.45) is 3.08. The summed E-state index contributed by atoms with van der Waals surface area (Å²) in [5.41, 5.74) is 5.58. The van der Waals surface area contributed by atoms with Gasteiger partial charge < -0.3 is 20.1 Å². The number of hydrogen-bond acceptors (Lipinski definition) is 4. The van der Waals surface area contributed by atoms with Crippen LogP contribution in [0, 0.1) is 0 Å². The van der Waals surface area contributed by atoms with Crippen molar-refractivity contribution in [1.29, 1.82) is 0 Å². The third kappa shape index (κ3) is 2.50. The van der Waals surface area contributed by atoms with Crippen LogP contribution in [0.1, 0.15) is 26.2 Å². The second kappa shape index (κ2) is 4.78. The molecule has 1 atom stereocenters. The molecule has 0 radical (unpaired) electrons. The summed E-state index contributed by atoms with van der Waals surface area (Å²) in [5.74, 6) is -0.237. The van der Waals surface area contributed by atoms with Crippen LogP contribution in [0.2, 0.25) is 0 Å². The maximum Gasteiger partial charge on any atom is 0.170 e. The van der Waals surface area contributed by atoms with Crippen molar-refractivity contribution < 1.29 is 9.47 Å². The van der Waals surface area contributed by atoms with Crippen LogP contribution in [0.3, 0.4) is 0 Å². The molecule has 1 unspecified atom stereocenters. The molecule has 2 saturated heterocycles. The first kappa shape index (κ1) is 11.3. The smallest absolute Gasteiger partial charge is 0.170 e. The summed E-state index contributed by atoms with van der Waals surface area (Å²) < 4.78 is 11.4. The molecule has 0 amide bonds. The van der Waals surface area contributed by atoms with E-state index in [4.69, 9.17) is 15.2 Å². The third-order valence-electron chi connectivity index (χ3n) is 3.58. The highest BCUT2D eigenvalue weighted by Gasteiger charge is 2.40. The Morgan fingerprint density at radius 2 is 1.87 bits per heavy atom. The summed E-state index contributed by atoms with van der Waals surface area (Å²) in [6, 6.07) is 0.591. The first-order valence-corrected chi connectivity index (χ1v) is 5.98. The second-order valence-electron chi connectivity index (χ2n) is 4.57. The molecule has 4 nitrogen and oxygen atoms in total. The van der Waals surface area contributed by atoms with Gasteiger partial charge in [-0.25, -0.2) is 0 Å². The van der Waals surface area contributed by atoms with E-state index in [1.165, 1.54) is 0 Å². The first-order valence-electron chi connectivity index (χ1n) is 5.98. The first-order chi connectivity index (χ1) is 7.26. The van der Waals surface area contributed by atoms with Crippen molar-refractivity contribution in [2.75, 3.05) is 32.8 Å². The van der Waals surface area contributed by atoms with Crippen molar-refractivity contribution in [1.82, 2.24) is 4.90 Å². The zero-order chi connectivity index (χ0) is 10.7. The average Bonchev–Trinajstić information content (AvgIpc) is 2.68. The van der Waals surface area contributed by atoms with E-state index in [0.717, 1.165) is 52.1 Å². The summed E-state index contributed by atoms with van der Waals surface area (Å²) in [5, 5.41) is 0. The van der Waals surface area contributed by atoms with Gasteiger partial charge in [0.1, 0.15) is 0 Å². The van der Waals surface area contributed by atoms with Crippen LogP contribution in [0.15, 0.2) is 0 Å². The fourth-order valence-corrected chi connectivity index (χ4v) is 2.51. The van der Waals surface area contributed by atoms with Crippen LogP contribution in [0.4, 0.5) is 0 Å². The molecule has 15 heavy (non-hydrogen) atoms. The Bertz CT molecular complexity index is 195. The number of nitrogens with zero attached hydrogens (tertiary/aromatic N) is 1. The van der Waals surface area contributed by atoms with Gasteiger partial charge in [-0.15, -0.1) is 0 Å². The number of nitrogens with two attached hydrogens (primary N) is 1. The molecule has 2 heterocycles. The van der Waals surface area contributed by atoms with Gasteiger partial charge in [-0.05, 0) is 19.9 Å². The Balaban J connectivity index is 1.81. The minimum atomic E-state index is -0.237. The third-order valence-corrected chi connectivity index (χ3v) is 3.58. The fraction of sp³-hybridized carbons (Fsp3) is 1.00. The molecule has 88 valence electrons. The lowest BCUT2D eigenvalue weighted by Gasteiger charge is -2.40. The van der Waals surface area contributed by atoms with E-state index < -0.39 is 0 Å². The van der Waals surface area contributed by atoms with Gasteiger partial charge in [-0.3, -0.25) is 0 Å². The summed E-state index contributed by atoms with van der Waals surface area (Å²) in [4.78, 5) is 2.49. The molecule has 0 aromatic carbocycles. The fourth-order valence-electron chi connectivity index (χ4n) is 2.51. The van der Waals surface area contributed by atoms with Crippen LogP contribution in [-0.4, -0.2) is 49.6 Å². The van der Waals surface area contributed by atoms with Crippen LogP contribution in [-0.2, 0) is 9.47 Å². The van der Waals surface area contributed by atoms with Crippen molar-refractivity contribution in [2.45, 2.75) is 38.0 Å². The molecule has 1 spiro atoms. The molecule has 0 bridgehead atoms. The molecule has 0 aromatic heterocycles. The van der Waals surface area contributed by atoms with Gasteiger partial charge in [0, 0.05) is 32.0 Å². The van der Waals surface area contributed by atoms with E-state index >= 15 is 0 Å². The predicted molar refractivity (Wildman–Crippen MR) is 58.6 cm³/mol. The van der Waals surface area contributed by atoms with Gasteiger partial charge in [-0.1, -0.05) is 0 Å². The van der Waals surface area contributed by atoms with Gasteiger partial charge in [0.25, 0.3) is 0 Å². The largest absolute Gasteiger partial charge is 0.347 e. The second-order valence-corrected chi connectivity index (χ2v) is 4.57. The lowest BCUT2D eigenvalue weighted by atomic mass is 10.0. The van der Waals surface area contributed by atoms with Crippen LogP contribution in [0.5, 0.6) is 0 Å². The Morgan fingerprint density at radius 1 is 1.27 bits per heavy atom. The molecule has 2 rings (SSSR count). The highest BCUT2D eigenvalue weighted by Crippen LogP contribution is 2.31. The van der Waals surface area contributed by atoms with Gasteiger partial charge in [0.2, 0.25) is 0 Å². The monoisotopic (exact) mass is 214 g/mol. The van der Waals surface area contributed by atoms with E-state index in [1.807, 2.05) is 0 Å². The zero-order valence-electron chi connectivity index (χ0n) is 9.58. The zero-order valence-corrected chi connectivity index (χ0v) is 9.58. The Morgan fingerprint density at radius 3 is 2.40 bits per heavy atom. The highest BCUT2D eigenvalue weighted by molar-refractivity contribution is 4.84. The predicted octanol–water partition coefficient (Wildman–Crippen LogP) is 0.563. The summed E-state index contributed by atoms with van der Waals surface area (Å²) in [6.45, 7) is 6.69. The Labute approximate surface area is 91.7 Å². The van der Waals surface area contributed by atoms with E-state index in [2.05, 4.69) is 11.8 Å². The maximum absolute atomic E-state index is 5.70. The van der Waals surface area contributed by atoms with E-state index in [1.54, 1.807) is 0 Å². The van der Waals surface area contributed by atoms with Crippen LogP contribution in [0.25, 0.3) is 0 Å². The summed E-state index contributed by atoms with van der Waals surface area (Å²) >= 11 is 0. The minimum absolute atomic E-state index is 0.237. The van der Waals surface area contributed by atoms with Gasteiger partial charge in [-0.2, -0.15) is 0 Å². The SMILES string of the molecule is CC(CCN)N1CCC2(CC1)OCCO2. The number of piperidine rings is 1. The van der Waals surface area contributed by atoms with Crippen LogP contribution >= 0.6 is 0 Å². The minimum Gasteiger partial charge on any atom is -0.347 e. The van der Waals surface area contributed by atoms with Crippen molar-refractivity contribution in [3.8, 4) is 0 Å². The molecule has 2 aliphatic heterocycles. The number of hydrogen-bond donors (Lipinski definition) is 1. The molecule has 2 aliphatic rings. The van der Waals surface area contributed by atoms with E-state index in [0.29, 0.717) is 6.04 Å². The van der Waals surface area contributed by atoms with Crippen molar-refractivity contribution in [3.63, 3.8) is 0 Å². The molecule has 4 heteroatoms. The van der Waals surface area contributed by atoms with Gasteiger partial charge in [0.05, 0.1) is 13.2 Å². The van der Waals surface area contributed by atoms with Crippen molar-refractivity contribution >= 4 is 0 Å². The van der Waals surface area contributed by atoms with Crippen molar-refractivity contribution in [2.24, 2.45) is 5.73 Å². The quantitative estimate of drug-likeness (QED) is 0.746. The molecule has 0 aromatic rings. The average molecular weight is 214 g/mol. The Kier molecular flexibility index (Phi) is 3.61. The van der Waals surface area contributed by atoms with Gasteiger partial charge in [0.15, 0.2) is 5.79 Å². The van der Waals surface area contributed by atoms with Crippen molar-refractivity contribution in [3.05, 3.63) is 0 Å². The summed E-state index contributed by atoms with van der Waals surface area (Å²) in [7, 11) is 0. The number of rotatable bonds is 3. The Hall–Kier alpha value is -0.160. The van der Waals surface area contributed by atoms with E-state index in [-0.39, 0.29) is 5.79 Å². The molecule has 0 aliphatic carbocycles. The van der Waals surface area contributed by atoms with Gasteiger partial charge >= 0.3 is 0 Å². The number of ether oxygens (including phenoxy) is 2. The molecule has 0 saturated carbocycles. The topological polar surface area (TPSA) is 47.7 Å². The molecular weight excluding hydrogens is 192 g/mol. The standard InChI is InChI=1S/C11H22N2O2/c1-10(2-5-12)13-6-3-11(4-7-13)14-8-9-15-11/h10H,2-9,12H2,1H3. The number of likely N-dealkylation sites (tertiary alicyclic amines) is 1. The molecular formula is C11H22N2O2. The molecule has 2 fully saturated rings. The highest BCUT2D eigenvalue weighted by atomic mass is 16.7. The maximum atomic E-state index is 5.70. The van der Waals surface area contributed by atoms with E-state index in [9.17, 15) is 0 Å².